The van der Waals surface area contributed by atoms with Crippen LogP contribution < -0.4 is 0 Å². The Morgan fingerprint density at radius 3 is 2.71 bits per heavy atom. The van der Waals surface area contributed by atoms with Crippen molar-refractivity contribution in [1.29, 1.82) is 0 Å². The van der Waals surface area contributed by atoms with Crippen LogP contribution in [0.15, 0.2) is 0 Å². The number of hydrogen-bond donors (Lipinski definition) is 0. The van der Waals surface area contributed by atoms with E-state index in [9.17, 15) is 4.79 Å². The predicted octanol–water partition coefficient (Wildman–Crippen LogP) is 0.795. The summed E-state index contributed by atoms with van der Waals surface area (Å²) in [5.41, 5.74) is 0. The minimum absolute atomic E-state index is 0.0272. The molecule has 1 amide bonds. The molecule has 2 heterocycles. The van der Waals surface area contributed by atoms with Crippen LogP contribution in [0.4, 0.5) is 4.79 Å². The summed E-state index contributed by atoms with van der Waals surface area (Å²) in [6, 6.07) is 0. The van der Waals surface area contributed by atoms with Crippen molar-refractivity contribution in [2.45, 2.75) is 20.0 Å². The summed E-state index contributed by atoms with van der Waals surface area (Å²) >= 11 is 0. The van der Waals surface area contributed by atoms with Gasteiger partial charge in [0.05, 0.1) is 19.8 Å². The third kappa shape index (κ3) is 3.57. The molecule has 98 valence electrons. The zero-order chi connectivity index (χ0) is 12.3. The van der Waals surface area contributed by atoms with Crippen LogP contribution in [-0.2, 0) is 9.47 Å². The Labute approximate surface area is 103 Å². The van der Waals surface area contributed by atoms with Crippen molar-refractivity contribution >= 4 is 6.09 Å². The molecule has 0 aliphatic carbocycles. The van der Waals surface area contributed by atoms with Crippen molar-refractivity contribution in [1.82, 2.24) is 9.80 Å². The minimum Gasteiger partial charge on any atom is -0.443 e. The van der Waals surface area contributed by atoms with Gasteiger partial charge in [-0.25, -0.2) is 4.79 Å². The third-order valence-corrected chi connectivity index (χ3v) is 3.10. The Morgan fingerprint density at radius 1 is 1.35 bits per heavy atom. The van der Waals surface area contributed by atoms with E-state index in [1.165, 1.54) is 0 Å². The summed E-state index contributed by atoms with van der Waals surface area (Å²) in [7, 11) is 0. The van der Waals surface area contributed by atoms with E-state index in [4.69, 9.17) is 9.47 Å². The molecule has 0 bridgehead atoms. The molecule has 0 spiro atoms. The van der Waals surface area contributed by atoms with Gasteiger partial charge in [0.25, 0.3) is 0 Å². The fraction of sp³-hybridized carbons (Fsp3) is 0.917. The van der Waals surface area contributed by atoms with Gasteiger partial charge in [-0.15, -0.1) is 0 Å². The second kappa shape index (κ2) is 5.69. The maximum atomic E-state index is 11.6. The first kappa shape index (κ1) is 12.6. The molecule has 0 aromatic carbocycles. The van der Waals surface area contributed by atoms with Gasteiger partial charge in [-0.3, -0.25) is 4.90 Å². The number of cyclic esters (lactones) is 1. The summed E-state index contributed by atoms with van der Waals surface area (Å²) in [4.78, 5) is 15.7. The van der Waals surface area contributed by atoms with Gasteiger partial charge in [-0.2, -0.15) is 0 Å². The summed E-state index contributed by atoms with van der Waals surface area (Å²) in [6.07, 6.45) is -0.128. The van der Waals surface area contributed by atoms with Gasteiger partial charge < -0.3 is 14.4 Å². The van der Waals surface area contributed by atoms with Gasteiger partial charge in [-0.1, -0.05) is 13.8 Å². The van der Waals surface area contributed by atoms with E-state index in [0.717, 1.165) is 45.9 Å². The smallest absolute Gasteiger partial charge is 0.410 e. The number of hydrogen-bond acceptors (Lipinski definition) is 4. The van der Waals surface area contributed by atoms with Gasteiger partial charge in [-0.05, 0) is 5.92 Å². The van der Waals surface area contributed by atoms with Gasteiger partial charge in [0.15, 0.2) is 0 Å². The van der Waals surface area contributed by atoms with E-state index < -0.39 is 0 Å². The topological polar surface area (TPSA) is 42.0 Å². The minimum atomic E-state index is -0.156. The second-order valence-electron chi connectivity index (χ2n) is 5.22. The van der Waals surface area contributed by atoms with Crippen molar-refractivity contribution in [3.63, 3.8) is 0 Å². The SMILES string of the molecule is CC(C)CN1CC(CN2CCOCC2)OC1=O. The molecular weight excluding hydrogens is 220 g/mol. The number of nitrogens with zero attached hydrogens (tertiary/aromatic N) is 2. The Bertz CT molecular complexity index is 264. The number of carbonyl (C=O) groups excluding carboxylic acids is 1. The van der Waals surface area contributed by atoms with Crippen LogP contribution in [0.3, 0.4) is 0 Å². The van der Waals surface area contributed by atoms with Crippen LogP contribution in [0.2, 0.25) is 0 Å². The highest BCUT2D eigenvalue weighted by Crippen LogP contribution is 2.14. The number of morpholine rings is 1. The van der Waals surface area contributed by atoms with Crippen LogP contribution in [0.25, 0.3) is 0 Å². The lowest BCUT2D eigenvalue weighted by Crippen LogP contribution is -2.42. The van der Waals surface area contributed by atoms with Crippen molar-refractivity contribution in [2.75, 3.05) is 45.9 Å². The first-order valence-corrected chi connectivity index (χ1v) is 6.41. The standard InChI is InChI=1S/C12H22N2O3/c1-10(2)7-14-9-11(17-12(14)15)8-13-3-5-16-6-4-13/h10-11H,3-9H2,1-2H3. The molecule has 5 nitrogen and oxygen atoms in total. The summed E-state index contributed by atoms with van der Waals surface area (Å²) in [6.45, 7) is 10.0. The Hall–Kier alpha value is -0.810. The van der Waals surface area contributed by atoms with Crippen LogP contribution in [0.1, 0.15) is 13.8 Å². The van der Waals surface area contributed by atoms with Crippen LogP contribution in [0.5, 0.6) is 0 Å². The zero-order valence-electron chi connectivity index (χ0n) is 10.7. The van der Waals surface area contributed by atoms with Gasteiger partial charge in [0.1, 0.15) is 6.10 Å². The molecule has 0 aromatic rings. The molecule has 17 heavy (non-hydrogen) atoms. The second-order valence-corrected chi connectivity index (χ2v) is 5.22. The van der Waals surface area contributed by atoms with E-state index >= 15 is 0 Å². The van der Waals surface area contributed by atoms with Crippen LogP contribution >= 0.6 is 0 Å². The molecule has 2 aliphatic heterocycles. The fourth-order valence-corrected chi connectivity index (χ4v) is 2.33. The fourth-order valence-electron chi connectivity index (χ4n) is 2.33. The maximum Gasteiger partial charge on any atom is 0.410 e. The molecule has 0 radical (unpaired) electrons. The number of carbonyl (C=O) groups is 1. The molecule has 2 rings (SSSR count). The first-order valence-electron chi connectivity index (χ1n) is 6.41. The highest BCUT2D eigenvalue weighted by molar-refractivity contribution is 5.69. The number of ether oxygens (including phenoxy) is 2. The Balaban J connectivity index is 1.77. The largest absolute Gasteiger partial charge is 0.443 e. The summed E-state index contributed by atoms with van der Waals surface area (Å²) in [5, 5.41) is 0. The van der Waals surface area contributed by atoms with Gasteiger partial charge in [0.2, 0.25) is 0 Å². The first-order chi connectivity index (χ1) is 8.15. The molecule has 0 saturated carbocycles. The lowest BCUT2D eigenvalue weighted by atomic mass is 10.2. The molecule has 0 aromatic heterocycles. The molecule has 1 unspecified atom stereocenters. The molecule has 0 N–H and O–H groups in total. The van der Waals surface area contributed by atoms with Crippen molar-refractivity contribution < 1.29 is 14.3 Å². The molecular formula is C12H22N2O3. The molecule has 2 fully saturated rings. The van der Waals surface area contributed by atoms with Crippen molar-refractivity contribution in [3.8, 4) is 0 Å². The summed E-state index contributed by atoms with van der Waals surface area (Å²) in [5.74, 6) is 0.490. The average molecular weight is 242 g/mol. The Kier molecular flexibility index (Phi) is 4.23. The predicted molar refractivity (Wildman–Crippen MR) is 63.9 cm³/mol. The quantitative estimate of drug-likeness (QED) is 0.731. The highest BCUT2D eigenvalue weighted by atomic mass is 16.6. The lowest BCUT2D eigenvalue weighted by Gasteiger charge is -2.28. The van der Waals surface area contributed by atoms with E-state index in [1.807, 2.05) is 4.90 Å². The van der Waals surface area contributed by atoms with E-state index in [1.54, 1.807) is 0 Å². The lowest BCUT2D eigenvalue weighted by molar-refractivity contribution is 0.0188. The third-order valence-electron chi connectivity index (χ3n) is 3.10. The van der Waals surface area contributed by atoms with Gasteiger partial charge >= 0.3 is 6.09 Å². The van der Waals surface area contributed by atoms with Crippen molar-refractivity contribution in [2.24, 2.45) is 5.92 Å². The Morgan fingerprint density at radius 2 is 2.06 bits per heavy atom. The molecule has 5 heteroatoms. The molecule has 1 atom stereocenters. The van der Waals surface area contributed by atoms with Crippen LogP contribution in [0, 0.1) is 5.92 Å². The van der Waals surface area contributed by atoms with E-state index in [0.29, 0.717) is 5.92 Å². The van der Waals surface area contributed by atoms with Gasteiger partial charge in [0, 0.05) is 26.2 Å². The monoisotopic (exact) mass is 242 g/mol. The number of amides is 1. The average Bonchev–Trinajstić information content (AvgIpc) is 2.59. The molecule has 2 aliphatic rings. The van der Waals surface area contributed by atoms with E-state index in [-0.39, 0.29) is 12.2 Å². The van der Waals surface area contributed by atoms with Crippen LogP contribution in [-0.4, -0.2) is 67.9 Å². The highest BCUT2D eigenvalue weighted by Gasteiger charge is 2.32. The maximum absolute atomic E-state index is 11.6. The number of rotatable bonds is 4. The molecule has 2 saturated heterocycles. The van der Waals surface area contributed by atoms with E-state index in [2.05, 4.69) is 18.7 Å². The zero-order valence-corrected chi connectivity index (χ0v) is 10.7. The normalized spacial score (nSPS) is 26.6. The van der Waals surface area contributed by atoms with Crippen molar-refractivity contribution in [3.05, 3.63) is 0 Å². The summed E-state index contributed by atoms with van der Waals surface area (Å²) < 4.78 is 10.7.